The maximum Gasteiger partial charge on any atom is 0.204 e. The molecule has 0 aromatic rings. The molecule has 8 heteroatoms. The van der Waals surface area contributed by atoms with Crippen molar-refractivity contribution in [3.8, 4) is 0 Å². The fourth-order valence-corrected chi connectivity index (χ4v) is 1.33. The van der Waals surface area contributed by atoms with Crippen molar-refractivity contribution in [3.05, 3.63) is 0 Å². The van der Waals surface area contributed by atoms with Crippen LogP contribution in [0.5, 0.6) is 0 Å². The Morgan fingerprint density at radius 1 is 1.10 bits per heavy atom. The smallest absolute Gasteiger partial charge is 0.204 e. The summed E-state index contributed by atoms with van der Waals surface area (Å²) in [5.74, 6) is 1.65. The van der Waals surface area contributed by atoms with E-state index in [1.165, 1.54) is 19.3 Å². The molecule has 1 aliphatic rings. The van der Waals surface area contributed by atoms with Crippen LogP contribution in [0.1, 0.15) is 81.1 Å². The van der Waals surface area contributed by atoms with Crippen molar-refractivity contribution in [2.75, 3.05) is 13.6 Å². The number of nitrogens with one attached hydrogen (secondary N) is 1. The van der Waals surface area contributed by atoms with Crippen LogP contribution in [0.25, 0.3) is 0 Å². The Balaban J connectivity index is -0.0000000955. The Kier molecular flexibility index (Phi) is 35.1. The van der Waals surface area contributed by atoms with Gasteiger partial charge in [-0.25, -0.2) is 0 Å². The average molecular weight is 435 g/mol. The van der Waals surface area contributed by atoms with Crippen LogP contribution in [-0.2, 0) is 19.2 Å². The fraction of sp³-hybridized carbons (Fsp3) is 0.818. The van der Waals surface area contributed by atoms with E-state index in [0.717, 1.165) is 31.6 Å². The molecule has 1 saturated carbocycles. The summed E-state index contributed by atoms with van der Waals surface area (Å²) in [6.07, 6.45) is 7.62. The van der Waals surface area contributed by atoms with Gasteiger partial charge in [-0.05, 0) is 44.7 Å². The molecular weight excluding hydrogens is 384 g/mol. The molecule has 182 valence electrons. The first-order valence-corrected chi connectivity index (χ1v) is 10.1. The van der Waals surface area contributed by atoms with Gasteiger partial charge in [0.1, 0.15) is 12.1 Å². The molecule has 0 aliphatic heterocycles. The molecule has 1 rings (SSSR count). The molecule has 2 amide bonds. The highest BCUT2D eigenvalue weighted by molar-refractivity contribution is 5.77. The van der Waals surface area contributed by atoms with E-state index in [-0.39, 0.29) is 37.6 Å². The highest BCUT2D eigenvalue weighted by Gasteiger charge is 2.18. The van der Waals surface area contributed by atoms with Crippen molar-refractivity contribution < 1.29 is 19.2 Å². The van der Waals surface area contributed by atoms with Crippen LogP contribution < -0.4 is 22.5 Å². The van der Waals surface area contributed by atoms with E-state index in [4.69, 9.17) is 15.3 Å². The molecule has 0 saturated heterocycles. The summed E-state index contributed by atoms with van der Waals surface area (Å²) in [6.45, 7) is 12.8. The number of Topliss-reactive ketones (excluding diaryl/α,β-unsaturated/α-hetero) is 1. The molecule has 2 atom stereocenters. The van der Waals surface area contributed by atoms with Gasteiger partial charge in [0.25, 0.3) is 0 Å². The van der Waals surface area contributed by atoms with Crippen molar-refractivity contribution in [1.29, 1.82) is 0 Å². The van der Waals surface area contributed by atoms with Gasteiger partial charge in [0.15, 0.2) is 0 Å². The second kappa shape index (κ2) is 27.2. The van der Waals surface area contributed by atoms with Crippen molar-refractivity contribution in [2.45, 2.75) is 87.1 Å². The highest BCUT2D eigenvalue weighted by atomic mass is 16.1. The van der Waals surface area contributed by atoms with Gasteiger partial charge in [-0.15, -0.1) is 0 Å². The van der Waals surface area contributed by atoms with Crippen molar-refractivity contribution in [2.24, 2.45) is 34.5 Å². The van der Waals surface area contributed by atoms with Crippen LogP contribution >= 0.6 is 0 Å². The first-order chi connectivity index (χ1) is 13.4. The number of unbranched alkanes of at least 4 members (excludes halogenated alkanes) is 1. The lowest BCUT2D eigenvalue weighted by Gasteiger charge is -2.20. The van der Waals surface area contributed by atoms with E-state index in [1.54, 1.807) is 6.92 Å². The lowest BCUT2D eigenvalue weighted by molar-refractivity contribution is -0.120. The number of ketones is 1. The quantitative estimate of drug-likeness (QED) is 0.356. The third-order valence-corrected chi connectivity index (χ3v) is 4.02. The number of hydrogen-bond acceptors (Lipinski definition) is 6. The van der Waals surface area contributed by atoms with Gasteiger partial charge in [-0.2, -0.15) is 0 Å². The van der Waals surface area contributed by atoms with Crippen LogP contribution in [0.4, 0.5) is 0 Å². The molecule has 0 spiro atoms. The molecule has 0 heterocycles. The third-order valence-electron chi connectivity index (χ3n) is 4.02. The summed E-state index contributed by atoms with van der Waals surface area (Å²) in [5, 5.41) is 3.09. The zero-order chi connectivity index (χ0) is 23.9. The number of rotatable bonds is 7. The van der Waals surface area contributed by atoms with Gasteiger partial charge in [-0.3, -0.25) is 14.4 Å². The van der Waals surface area contributed by atoms with Crippen molar-refractivity contribution >= 4 is 24.9 Å². The van der Waals surface area contributed by atoms with E-state index in [0.29, 0.717) is 5.78 Å². The minimum atomic E-state index is -0.331. The van der Waals surface area contributed by atoms with E-state index in [1.807, 2.05) is 34.7 Å². The first kappa shape index (κ1) is 38.8. The maximum atomic E-state index is 10.8. The first-order valence-electron chi connectivity index (χ1n) is 10.1. The predicted molar refractivity (Wildman–Crippen MR) is 127 cm³/mol. The summed E-state index contributed by atoms with van der Waals surface area (Å²) >= 11 is 0. The van der Waals surface area contributed by atoms with Crippen LogP contribution in [0.2, 0.25) is 0 Å². The number of hydrogen-bond donors (Lipinski definition) is 4. The summed E-state index contributed by atoms with van der Waals surface area (Å²) in [4.78, 5) is 38.0. The summed E-state index contributed by atoms with van der Waals surface area (Å²) in [6, 6.07) is -0.331. The molecule has 0 radical (unpaired) electrons. The maximum absolute atomic E-state index is 10.8. The number of carbonyl (C=O) groups is 4. The van der Waals surface area contributed by atoms with Crippen molar-refractivity contribution in [1.82, 2.24) is 5.32 Å². The van der Waals surface area contributed by atoms with Crippen LogP contribution in [-0.4, -0.2) is 44.5 Å². The average Bonchev–Trinajstić information content (AvgIpc) is 3.41. The largest absolute Gasteiger partial charge is 0.372 e. The van der Waals surface area contributed by atoms with Gasteiger partial charge >= 0.3 is 0 Å². The number of primary amides is 2. The fourth-order valence-electron chi connectivity index (χ4n) is 1.33. The zero-order valence-corrected chi connectivity index (χ0v) is 19.6. The topological polar surface area (TPSA) is 158 Å². The number of carbonyl (C=O) groups excluding carboxylic acids is 4. The van der Waals surface area contributed by atoms with Gasteiger partial charge in [0, 0.05) is 5.92 Å². The van der Waals surface area contributed by atoms with E-state index < -0.39 is 0 Å². The minimum absolute atomic E-state index is 0. The summed E-state index contributed by atoms with van der Waals surface area (Å²) < 4.78 is 0. The monoisotopic (exact) mass is 434 g/mol. The molecule has 0 aromatic carbocycles. The summed E-state index contributed by atoms with van der Waals surface area (Å²) in [7, 11) is 1.95. The Morgan fingerprint density at radius 3 is 1.63 bits per heavy atom. The highest BCUT2D eigenvalue weighted by Crippen LogP contribution is 2.26. The molecular formula is C22H50N4O4. The number of nitrogens with two attached hydrogens (primary N) is 3. The lowest BCUT2D eigenvalue weighted by Crippen LogP contribution is -2.36. The van der Waals surface area contributed by atoms with Crippen LogP contribution in [0.3, 0.4) is 0 Å². The summed E-state index contributed by atoms with van der Waals surface area (Å²) in [5.41, 5.74) is 13.6. The second-order valence-corrected chi connectivity index (χ2v) is 8.09. The van der Waals surface area contributed by atoms with Crippen LogP contribution in [0, 0.1) is 17.3 Å². The molecule has 0 bridgehead atoms. The van der Waals surface area contributed by atoms with Gasteiger partial charge in [0.05, 0.1) is 6.04 Å². The minimum Gasteiger partial charge on any atom is -0.372 e. The lowest BCUT2D eigenvalue weighted by atomic mass is 9.89. The van der Waals surface area contributed by atoms with E-state index in [9.17, 15) is 9.59 Å². The van der Waals surface area contributed by atoms with E-state index in [2.05, 4.69) is 23.7 Å². The van der Waals surface area contributed by atoms with Gasteiger partial charge in [-0.1, -0.05) is 61.3 Å². The van der Waals surface area contributed by atoms with E-state index >= 15 is 0 Å². The SMILES string of the molecule is C.CC(C)(C)C(N)C=O.CC1CC1.CNCCCCC(C)C(C)=O.NC=O.NC=O. The molecule has 30 heavy (non-hydrogen) atoms. The molecule has 1 aliphatic carbocycles. The normalized spacial score (nSPS) is 13.2. The Morgan fingerprint density at radius 2 is 1.47 bits per heavy atom. The zero-order valence-electron chi connectivity index (χ0n) is 19.6. The van der Waals surface area contributed by atoms with Crippen molar-refractivity contribution in [3.63, 3.8) is 0 Å². The van der Waals surface area contributed by atoms with Crippen LogP contribution in [0.15, 0.2) is 0 Å². The second-order valence-electron chi connectivity index (χ2n) is 8.09. The number of aldehydes is 1. The standard InChI is InChI=1S/C9H19NO.C6H13NO.C4H8.2CH3NO.CH4/c1-8(9(2)11)6-4-5-7-10-3;1-6(2,3)5(7)4-8;1-4-2-3-4;2*2-1-3;/h8,10H,4-7H2,1-3H3;4-5H,7H2,1-3H3;4H,2-3H2,1H3;2*1H,(H2,2,3);1H4. The Labute approximate surface area is 185 Å². The molecule has 1 fully saturated rings. The third kappa shape index (κ3) is 45.1. The Hall–Kier alpha value is -1.80. The molecule has 7 N–H and O–H groups in total. The van der Waals surface area contributed by atoms with Gasteiger partial charge < -0.3 is 27.3 Å². The molecule has 8 nitrogen and oxygen atoms in total. The van der Waals surface area contributed by atoms with Gasteiger partial charge in [0.2, 0.25) is 12.8 Å². The molecule has 0 aromatic heterocycles. The number of amides is 2. The molecule has 2 unspecified atom stereocenters. The Bertz CT molecular complexity index is 389. The predicted octanol–water partition coefficient (Wildman–Crippen LogP) is 2.42.